The standard InChI is InChI=1S/C20H27NO2S/c1-20(2,3)24(22,23)21(16-14-18-10-6-4-7-11-18)17-15-19-12-8-5-9-13-19/h4-13H,14-17H2,1-3H3. The van der Waals surface area contributed by atoms with Crippen LogP contribution in [-0.2, 0) is 22.9 Å². The quantitative estimate of drug-likeness (QED) is 0.763. The van der Waals surface area contributed by atoms with Crippen LogP contribution in [0.15, 0.2) is 60.7 Å². The fourth-order valence-electron chi connectivity index (χ4n) is 2.54. The molecule has 0 spiro atoms. The Bertz CT molecular complexity index is 676. The molecule has 0 bridgehead atoms. The molecule has 0 aromatic heterocycles. The summed E-state index contributed by atoms with van der Waals surface area (Å²) in [6.45, 7) is 6.31. The maximum atomic E-state index is 12.9. The van der Waals surface area contributed by atoms with Gasteiger partial charge in [0.2, 0.25) is 10.0 Å². The van der Waals surface area contributed by atoms with Gasteiger partial charge in [0, 0.05) is 13.1 Å². The zero-order valence-corrected chi connectivity index (χ0v) is 15.6. The zero-order valence-electron chi connectivity index (χ0n) is 14.8. The van der Waals surface area contributed by atoms with E-state index in [4.69, 9.17) is 0 Å². The van der Waals surface area contributed by atoms with Gasteiger partial charge in [-0.2, -0.15) is 0 Å². The third-order valence-electron chi connectivity index (χ3n) is 4.10. The number of hydrogen-bond donors (Lipinski definition) is 0. The summed E-state index contributed by atoms with van der Waals surface area (Å²) in [6, 6.07) is 20.1. The first-order valence-electron chi connectivity index (χ1n) is 8.38. The van der Waals surface area contributed by atoms with Crippen LogP contribution in [0.2, 0.25) is 0 Å². The molecule has 2 rings (SSSR count). The van der Waals surface area contributed by atoms with Crippen molar-refractivity contribution in [1.29, 1.82) is 0 Å². The lowest BCUT2D eigenvalue weighted by Gasteiger charge is -2.30. The number of hydrogen-bond acceptors (Lipinski definition) is 2. The number of rotatable bonds is 7. The van der Waals surface area contributed by atoms with E-state index in [1.54, 1.807) is 25.1 Å². The van der Waals surface area contributed by atoms with Crippen molar-refractivity contribution in [3.8, 4) is 0 Å². The second kappa shape index (κ2) is 7.95. The molecule has 0 fully saturated rings. The predicted molar refractivity (Wildman–Crippen MR) is 101 cm³/mol. The van der Waals surface area contributed by atoms with Gasteiger partial charge in [-0.25, -0.2) is 12.7 Å². The Balaban J connectivity index is 2.12. The van der Waals surface area contributed by atoms with Crippen LogP contribution in [0.4, 0.5) is 0 Å². The van der Waals surface area contributed by atoms with Crippen LogP contribution in [0.5, 0.6) is 0 Å². The van der Waals surface area contributed by atoms with Crippen LogP contribution in [0.25, 0.3) is 0 Å². The monoisotopic (exact) mass is 345 g/mol. The summed E-state index contributed by atoms with van der Waals surface area (Å²) in [4.78, 5) is 0. The molecular formula is C20H27NO2S. The van der Waals surface area contributed by atoms with Gasteiger partial charge in [0.1, 0.15) is 0 Å². The molecule has 2 aromatic rings. The molecule has 0 amide bonds. The van der Waals surface area contributed by atoms with Crippen molar-refractivity contribution in [1.82, 2.24) is 4.31 Å². The third-order valence-corrected chi connectivity index (χ3v) is 6.69. The molecule has 0 atom stereocenters. The summed E-state index contributed by atoms with van der Waals surface area (Å²) in [6.07, 6.45) is 1.45. The number of sulfonamides is 1. The van der Waals surface area contributed by atoms with Gasteiger partial charge >= 0.3 is 0 Å². The van der Waals surface area contributed by atoms with Crippen LogP contribution < -0.4 is 0 Å². The molecule has 0 radical (unpaired) electrons. The molecule has 4 heteroatoms. The van der Waals surface area contributed by atoms with Crippen molar-refractivity contribution in [2.75, 3.05) is 13.1 Å². The molecule has 3 nitrogen and oxygen atoms in total. The van der Waals surface area contributed by atoms with Gasteiger partial charge in [-0.05, 0) is 44.7 Å². The predicted octanol–water partition coefficient (Wildman–Crippen LogP) is 3.90. The smallest absolute Gasteiger partial charge is 0.212 e. The van der Waals surface area contributed by atoms with Gasteiger partial charge < -0.3 is 0 Å². The largest absolute Gasteiger partial charge is 0.219 e. The van der Waals surface area contributed by atoms with E-state index in [9.17, 15) is 8.42 Å². The van der Waals surface area contributed by atoms with Crippen LogP contribution in [0, 0.1) is 0 Å². The molecule has 2 aromatic carbocycles. The fraction of sp³-hybridized carbons (Fsp3) is 0.400. The molecule has 0 heterocycles. The summed E-state index contributed by atoms with van der Waals surface area (Å²) in [7, 11) is -3.35. The molecule has 0 unspecified atom stereocenters. The van der Waals surface area contributed by atoms with Crippen LogP contribution in [0.3, 0.4) is 0 Å². The molecule has 0 aliphatic rings. The Morgan fingerprint density at radius 2 is 1.12 bits per heavy atom. The summed E-state index contributed by atoms with van der Waals surface area (Å²) in [5.41, 5.74) is 2.32. The molecular weight excluding hydrogens is 318 g/mol. The molecule has 24 heavy (non-hydrogen) atoms. The number of nitrogens with zero attached hydrogens (tertiary/aromatic N) is 1. The van der Waals surface area contributed by atoms with Gasteiger partial charge in [-0.1, -0.05) is 60.7 Å². The van der Waals surface area contributed by atoms with Crippen molar-refractivity contribution >= 4 is 10.0 Å². The van der Waals surface area contributed by atoms with Gasteiger partial charge in [0.25, 0.3) is 0 Å². The Morgan fingerprint density at radius 3 is 1.46 bits per heavy atom. The van der Waals surface area contributed by atoms with E-state index in [0.717, 1.165) is 24.0 Å². The summed E-state index contributed by atoms with van der Waals surface area (Å²) >= 11 is 0. The molecule has 0 saturated carbocycles. The van der Waals surface area contributed by atoms with E-state index in [2.05, 4.69) is 0 Å². The zero-order chi connectivity index (χ0) is 17.6. The Labute approximate surface area is 146 Å². The third kappa shape index (κ3) is 4.92. The van der Waals surface area contributed by atoms with Gasteiger partial charge in [0.05, 0.1) is 4.75 Å². The maximum Gasteiger partial charge on any atom is 0.219 e. The molecule has 0 N–H and O–H groups in total. The highest BCUT2D eigenvalue weighted by molar-refractivity contribution is 7.90. The van der Waals surface area contributed by atoms with Gasteiger partial charge in [-0.3, -0.25) is 0 Å². The van der Waals surface area contributed by atoms with Gasteiger partial charge in [0.15, 0.2) is 0 Å². The SMILES string of the molecule is CC(C)(C)S(=O)(=O)N(CCc1ccccc1)CCc1ccccc1. The van der Waals surface area contributed by atoms with E-state index >= 15 is 0 Å². The van der Waals surface area contributed by atoms with Crippen molar-refractivity contribution < 1.29 is 8.42 Å². The average Bonchev–Trinajstić information content (AvgIpc) is 2.55. The first-order valence-corrected chi connectivity index (χ1v) is 9.82. The molecule has 0 saturated heterocycles. The molecule has 0 aliphatic carbocycles. The van der Waals surface area contributed by atoms with Crippen molar-refractivity contribution in [3.63, 3.8) is 0 Å². The summed E-state index contributed by atoms with van der Waals surface area (Å²) in [5, 5.41) is 0. The summed E-state index contributed by atoms with van der Waals surface area (Å²) < 4.78 is 26.7. The number of benzene rings is 2. The topological polar surface area (TPSA) is 37.4 Å². The lowest BCUT2D eigenvalue weighted by Crippen LogP contribution is -2.44. The first kappa shape index (κ1) is 18.7. The van der Waals surface area contributed by atoms with Gasteiger partial charge in [-0.15, -0.1) is 0 Å². The van der Waals surface area contributed by atoms with E-state index in [0.29, 0.717) is 13.1 Å². The lowest BCUT2D eigenvalue weighted by atomic mass is 10.1. The van der Waals surface area contributed by atoms with E-state index in [1.807, 2.05) is 60.7 Å². The van der Waals surface area contributed by atoms with E-state index < -0.39 is 14.8 Å². The Hall–Kier alpha value is -1.65. The normalized spacial score (nSPS) is 12.5. The lowest BCUT2D eigenvalue weighted by molar-refractivity contribution is 0.400. The van der Waals surface area contributed by atoms with Crippen LogP contribution in [-0.4, -0.2) is 30.6 Å². The van der Waals surface area contributed by atoms with Crippen LogP contribution in [0.1, 0.15) is 31.9 Å². The first-order chi connectivity index (χ1) is 11.3. The minimum absolute atomic E-state index is 0.510. The minimum Gasteiger partial charge on any atom is -0.212 e. The fourth-order valence-corrected chi connectivity index (χ4v) is 3.97. The second-order valence-electron chi connectivity index (χ2n) is 6.99. The van der Waals surface area contributed by atoms with Crippen LogP contribution >= 0.6 is 0 Å². The maximum absolute atomic E-state index is 12.9. The second-order valence-corrected chi connectivity index (χ2v) is 9.68. The minimum atomic E-state index is -3.35. The summed E-state index contributed by atoms with van der Waals surface area (Å²) in [5.74, 6) is 0. The highest BCUT2D eigenvalue weighted by Gasteiger charge is 2.34. The van der Waals surface area contributed by atoms with E-state index in [-0.39, 0.29) is 0 Å². The Morgan fingerprint density at radius 1 is 0.750 bits per heavy atom. The van der Waals surface area contributed by atoms with E-state index in [1.165, 1.54) is 0 Å². The van der Waals surface area contributed by atoms with Crippen molar-refractivity contribution in [3.05, 3.63) is 71.8 Å². The average molecular weight is 346 g/mol. The molecule has 0 aliphatic heterocycles. The van der Waals surface area contributed by atoms with Crippen molar-refractivity contribution in [2.24, 2.45) is 0 Å². The highest BCUT2D eigenvalue weighted by atomic mass is 32.2. The van der Waals surface area contributed by atoms with Crippen molar-refractivity contribution in [2.45, 2.75) is 38.4 Å². The highest BCUT2D eigenvalue weighted by Crippen LogP contribution is 2.21. The molecule has 130 valence electrons. The Kier molecular flexibility index (Phi) is 6.19.